The van der Waals surface area contributed by atoms with Crippen molar-refractivity contribution in [1.29, 1.82) is 5.26 Å². The molecule has 0 saturated heterocycles. The van der Waals surface area contributed by atoms with Crippen LogP contribution < -0.4 is 5.32 Å². The molecule has 2 bridgehead atoms. The van der Waals surface area contributed by atoms with Crippen LogP contribution in [0.3, 0.4) is 0 Å². The monoisotopic (exact) mass is 392 g/mol. The van der Waals surface area contributed by atoms with Gasteiger partial charge >= 0.3 is 0 Å². The largest absolute Gasteiger partial charge is 0.349 e. The average Bonchev–Trinajstić information content (AvgIpc) is 3.37. The third-order valence-corrected chi connectivity index (χ3v) is 6.97. The van der Waals surface area contributed by atoms with E-state index in [2.05, 4.69) is 53.9 Å². The number of carbonyl (C=O) groups excluding carboxylic acids is 1. The van der Waals surface area contributed by atoms with Crippen LogP contribution in [0, 0.1) is 28.6 Å². The van der Waals surface area contributed by atoms with E-state index in [1.165, 1.54) is 0 Å². The zero-order valence-electron chi connectivity index (χ0n) is 17.0. The highest BCUT2D eigenvalue weighted by atomic mass is 16.2. The maximum atomic E-state index is 13.6. The summed E-state index contributed by atoms with van der Waals surface area (Å²) in [5, 5.41) is 15.6. The van der Waals surface area contributed by atoms with E-state index < -0.39 is 5.41 Å². The van der Waals surface area contributed by atoms with Crippen LogP contribution in [0.1, 0.15) is 36.4 Å². The summed E-state index contributed by atoms with van der Waals surface area (Å²) in [6.07, 6.45) is 4.85. The number of nitrogens with zero attached hydrogens (tertiary/aromatic N) is 1. The van der Waals surface area contributed by atoms with Crippen LogP contribution >= 0.6 is 0 Å². The molecule has 1 amide bonds. The number of amides is 1. The van der Waals surface area contributed by atoms with E-state index in [1.807, 2.05) is 49.4 Å². The van der Waals surface area contributed by atoms with Gasteiger partial charge in [-0.2, -0.15) is 5.26 Å². The molecule has 0 aromatic heterocycles. The first-order chi connectivity index (χ1) is 14.6. The summed E-state index contributed by atoms with van der Waals surface area (Å²) in [6, 6.07) is 26.9. The quantitative estimate of drug-likeness (QED) is 0.595. The molecule has 3 aromatic carbocycles. The van der Waals surface area contributed by atoms with Gasteiger partial charge in [0, 0.05) is 5.92 Å². The second kappa shape index (κ2) is 7.15. The van der Waals surface area contributed by atoms with Gasteiger partial charge in [0.2, 0.25) is 5.91 Å². The lowest BCUT2D eigenvalue weighted by molar-refractivity contribution is -0.130. The third-order valence-electron chi connectivity index (χ3n) is 6.97. The van der Waals surface area contributed by atoms with E-state index in [0.29, 0.717) is 6.42 Å². The molecular weight excluding hydrogens is 368 g/mol. The zero-order chi connectivity index (χ0) is 20.7. The van der Waals surface area contributed by atoms with Crippen LogP contribution in [-0.4, -0.2) is 5.91 Å². The highest BCUT2D eigenvalue weighted by Crippen LogP contribution is 2.60. The minimum atomic E-state index is -0.751. The smallest absolute Gasteiger partial charge is 0.231 e. The van der Waals surface area contributed by atoms with Crippen molar-refractivity contribution in [3.05, 3.63) is 96.1 Å². The minimum absolute atomic E-state index is 0.0355. The minimum Gasteiger partial charge on any atom is -0.349 e. The summed E-state index contributed by atoms with van der Waals surface area (Å²) in [5.74, 6) is -0.0863. The van der Waals surface area contributed by atoms with Crippen LogP contribution in [-0.2, 0) is 4.79 Å². The number of benzene rings is 3. The van der Waals surface area contributed by atoms with Gasteiger partial charge in [-0.25, -0.2) is 0 Å². The molecular formula is C27H24N2O. The maximum absolute atomic E-state index is 13.6. The van der Waals surface area contributed by atoms with Crippen LogP contribution in [0.15, 0.2) is 84.9 Å². The Hall–Kier alpha value is -3.38. The van der Waals surface area contributed by atoms with Gasteiger partial charge in [0.15, 0.2) is 0 Å². The van der Waals surface area contributed by atoms with Crippen molar-refractivity contribution in [1.82, 2.24) is 5.32 Å². The number of hydrogen-bond acceptors (Lipinski definition) is 2. The van der Waals surface area contributed by atoms with Crippen molar-refractivity contribution in [3.8, 4) is 6.07 Å². The summed E-state index contributed by atoms with van der Waals surface area (Å²) in [4.78, 5) is 13.6. The van der Waals surface area contributed by atoms with Gasteiger partial charge in [-0.3, -0.25) is 4.79 Å². The van der Waals surface area contributed by atoms with Gasteiger partial charge < -0.3 is 5.32 Å². The van der Waals surface area contributed by atoms with Gasteiger partial charge in [0.1, 0.15) is 0 Å². The lowest BCUT2D eigenvalue weighted by Gasteiger charge is -2.32. The predicted molar refractivity (Wildman–Crippen MR) is 118 cm³/mol. The summed E-state index contributed by atoms with van der Waals surface area (Å²) in [5.41, 5.74) is 1.50. The predicted octanol–water partition coefficient (Wildman–Crippen LogP) is 5.52. The van der Waals surface area contributed by atoms with Crippen LogP contribution in [0.25, 0.3) is 10.8 Å². The zero-order valence-corrected chi connectivity index (χ0v) is 17.0. The number of hydrogen-bond donors (Lipinski definition) is 1. The highest BCUT2D eigenvalue weighted by Gasteiger charge is 2.59. The molecule has 2 aliphatic carbocycles. The van der Waals surface area contributed by atoms with Gasteiger partial charge in [-0.05, 0) is 41.2 Å². The van der Waals surface area contributed by atoms with Crippen LogP contribution in [0.5, 0.6) is 0 Å². The van der Waals surface area contributed by atoms with Crippen LogP contribution in [0.4, 0.5) is 0 Å². The van der Waals surface area contributed by atoms with E-state index in [-0.39, 0.29) is 29.7 Å². The molecule has 0 spiro atoms. The Morgan fingerprint density at radius 3 is 2.60 bits per heavy atom. The topological polar surface area (TPSA) is 52.9 Å². The molecule has 148 valence electrons. The molecule has 0 aliphatic heterocycles. The Morgan fingerprint density at radius 1 is 1.07 bits per heavy atom. The van der Waals surface area contributed by atoms with E-state index in [0.717, 1.165) is 21.9 Å². The third kappa shape index (κ3) is 2.75. The van der Waals surface area contributed by atoms with E-state index in [4.69, 9.17) is 0 Å². The molecule has 5 rings (SSSR count). The highest BCUT2D eigenvalue weighted by molar-refractivity contribution is 5.90. The fraction of sp³-hybridized carbons (Fsp3) is 0.259. The van der Waals surface area contributed by atoms with E-state index in [9.17, 15) is 10.1 Å². The molecule has 5 atom stereocenters. The van der Waals surface area contributed by atoms with Crippen molar-refractivity contribution in [2.45, 2.75) is 25.3 Å². The fourth-order valence-electron chi connectivity index (χ4n) is 5.52. The Balaban J connectivity index is 1.45. The van der Waals surface area contributed by atoms with Crippen molar-refractivity contribution in [2.75, 3.05) is 0 Å². The number of allylic oxidation sites excluding steroid dienone is 1. The number of nitriles is 1. The van der Waals surface area contributed by atoms with Crippen LogP contribution in [0.2, 0.25) is 0 Å². The Kier molecular flexibility index (Phi) is 4.44. The van der Waals surface area contributed by atoms with Gasteiger partial charge in [0.25, 0.3) is 0 Å². The second-order valence-electron chi connectivity index (χ2n) is 8.57. The summed E-state index contributed by atoms with van der Waals surface area (Å²) < 4.78 is 0. The number of carbonyl (C=O) groups is 1. The lowest BCUT2D eigenvalue weighted by Crippen LogP contribution is -2.43. The fourth-order valence-corrected chi connectivity index (χ4v) is 5.52. The number of nitrogens with one attached hydrogen (secondary N) is 1. The first-order valence-electron chi connectivity index (χ1n) is 10.6. The van der Waals surface area contributed by atoms with Crippen molar-refractivity contribution in [2.24, 2.45) is 17.3 Å². The molecule has 1 saturated carbocycles. The molecule has 0 radical (unpaired) electrons. The van der Waals surface area contributed by atoms with Gasteiger partial charge in [-0.1, -0.05) is 84.9 Å². The van der Waals surface area contributed by atoms with Gasteiger partial charge in [-0.15, -0.1) is 0 Å². The lowest BCUT2D eigenvalue weighted by atomic mass is 9.71. The molecule has 3 nitrogen and oxygen atoms in total. The Morgan fingerprint density at radius 2 is 1.80 bits per heavy atom. The van der Waals surface area contributed by atoms with E-state index >= 15 is 0 Å². The molecule has 0 heterocycles. The normalized spacial score (nSPS) is 27.7. The molecule has 5 unspecified atom stereocenters. The van der Waals surface area contributed by atoms with Crippen molar-refractivity contribution < 1.29 is 4.79 Å². The molecule has 3 aromatic rings. The SMILES string of the molecule is CC(NC(=O)C12C=CC(C1)C(c1ccccc1)C2C#N)c1cccc2ccccc12. The Bertz CT molecular complexity index is 1170. The summed E-state index contributed by atoms with van der Waals surface area (Å²) in [7, 11) is 0. The molecule has 1 fully saturated rings. The van der Waals surface area contributed by atoms with Crippen molar-refractivity contribution in [3.63, 3.8) is 0 Å². The van der Waals surface area contributed by atoms with E-state index in [1.54, 1.807) is 0 Å². The summed E-state index contributed by atoms with van der Waals surface area (Å²) in [6.45, 7) is 2.03. The standard InChI is InChI=1S/C27H24N2O/c1-18(22-13-7-11-19-8-5-6-12-23(19)22)29-26(30)27-15-14-21(16-27)25(24(27)17-28)20-9-3-2-4-10-20/h2-15,18,21,24-25H,16H2,1H3,(H,29,30). The molecule has 1 N–H and O–H groups in total. The Labute approximate surface area is 177 Å². The first-order valence-corrected chi connectivity index (χ1v) is 10.6. The maximum Gasteiger partial charge on any atom is 0.231 e. The second-order valence-corrected chi connectivity index (χ2v) is 8.57. The number of fused-ring (bicyclic) bond motifs is 3. The molecule has 30 heavy (non-hydrogen) atoms. The molecule has 2 aliphatic rings. The number of rotatable bonds is 4. The van der Waals surface area contributed by atoms with Crippen molar-refractivity contribution >= 4 is 16.7 Å². The summed E-state index contributed by atoms with van der Waals surface area (Å²) >= 11 is 0. The average molecular weight is 393 g/mol. The molecule has 3 heteroatoms. The van der Waals surface area contributed by atoms with Gasteiger partial charge in [0.05, 0.1) is 23.4 Å². The first kappa shape index (κ1) is 18.6.